The van der Waals surface area contributed by atoms with Gasteiger partial charge in [0.1, 0.15) is 0 Å². The van der Waals surface area contributed by atoms with Gasteiger partial charge in [0.05, 0.1) is 11.4 Å². The van der Waals surface area contributed by atoms with E-state index >= 15 is 0 Å². The van der Waals surface area contributed by atoms with Gasteiger partial charge in [0, 0.05) is 11.9 Å². The van der Waals surface area contributed by atoms with Gasteiger partial charge in [-0.25, -0.2) is 8.42 Å². The van der Waals surface area contributed by atoms with Crippen LogP contribution in [0.25, 0.3) is 0 Å². The molecule has 1 aromatic carbocycles. The molecule has 20 heavy (non-hydrogen) atoms. The summed E-state index contributed by atoms with van der Waals surface area (Å²) in [7, 11) is -3.25. The van der Waals surface area contributed by atoms with Crippen molar-refractivity contribution in [3.63, 3.8) is 0 Å². The summed E-state index contributed by atoms with van der Waals surface area (Å²) in [5.41, 5.74) is 0.523. The van der Waals surface area contributed by atoms with Gasteiger partial charge >= 0.3 is 0 Å². The van der Waals surface area contributed by atoms with Crippen molar-refractivity contribution in [2.24, 2.45) is 0 Å². The lowest BCUT2D eigenvalue weighted by atomic mass is 10.1. The lowest BCUT2D eigenvalue weighted by Gasteiger charge is -2.25. The summed E-state index contributed by atoms with van der Waals surface area (Å²) in [5, 5.41) is 2.76. The van der Waals surface area contributed by atoms with Crippen LogP contribution in [0, 0.1) is 0 Å². The van der Waals surface area contributed by atoms with Crippen molar-refractivity contribution in [3.8, 4) is 0 Å². The van der Waals surface area contributed by atoms with Crippen molar-refractivity contribution in [2.75, 3.05) is 31.2 Å². The molecule has 2 rings (SSSR count). The third kappa shape index (κ3) is 4.31. The molecule has 0 spiro atoms. The molecule has 1 amide bonds. The van der Waals surface area contributed by atoms with Crippen LogP contribution in [0.15, 0.2) is 29.2 Å². The van der Waals surface area contributed by atoms with E-state index < -0.39 is 9.84 Å². The Morgan fingerprint density at radius 3 is 2.60 bits per heavy atom. The van der Waals surface area contributed by atoms with Crippen molar-refractivity contribution in [1.29, 1.82) is 0 Å². The van der Waals surface area contributed by atoms with Crippen LogP contribution < -0.4 is 5.32 Å². The van der Waals surface area contributed by atoms with Gasteiger partial charge in [-0.3, -0.25) is 9.69 Å². The van der Waals surface area contributed by atoms with E-state index in [0.29, 0.717) is 12.2 Å². The van der Waals surface area contributed by atoms with Gasteiger partial charge in [0.2, 0.25) is 5.91 Å². The fraction of sp³-hybridized carbons (Fsp3) is 0.500. The van der Waals surface area contributed by atoms with Crippen molar-refractivity contribution < 1.29 is 13.2 Å². The molecule has 1 fully saturated rings. The minimum atomic E-state index is -3.25. The van der Waals surface area contributed by atoms with Crippen LogP contribution in [0.3, 0.4) is 0 Å². The summed E-state index contributed by atoms with van der Waals surface area (Å²) >= 11 is 0. The SMILES string of the molecule is CS(=O)(=O)c1cccc(NC(=O)CN2CCCCC2)c1. The maximum atomic E-state index is 11.9. The highest BCUT2D eigenvalue weighted by Gasteiger charge is 2.14. The first kappa shape index (κ1) is 15.0. The van der Waals surface area contributed by atoms with Crippen LogP contribution in [-0.2, 0) is 14.6 Å². The molecule has 1 N–H and O–H groups in total. The van der Waals surface area contributed by atoms with E-state index in [1.807, 2.05) is 0 Å². The van der Waals surface area contributed by atoms with Crippen LogP contribution in [0.5, 0.6) is 0 Å². The van der Waals surface area contributed by atoms with E-state index in [-0.39, 0.29) is 10.8 Å². The van der Waals surface area contributed by atoms with Crippen LogP contribution in [0.1, 0.15) is 19.3 Å². The number of likely N-dealkylation sites (tertiary alicyclic amines) is 1. The van der Waals surface area contributed by atoms with Gasteiger partial charge in [-0.2, -0.15) is 0 Å². The molecule has 0 aromatic heterocycles. The first-order valence-electron chi connectivity index (χ1n) is 6.77. The molecular weight excluding hydrogens is 276 g/mol. The average Bonchev–Trinajstić information content (AvgIpc) is 2.39. The number of carbonyl (C=O) groups excluding carboxylic acids is 1. The Hall–Kier alpha value is -1.40. The third-order valence-electron chi connectivity index (χ3n) is 3.36. The summed E-state index contributed by atoms with van der Waals surface area (Å²) in [6.45, 7) is 2.27. The Bertz CT molecular complexity index is 578. The van der Waals surface area contributed by atoms with Crippen molar-refractivity contribution in [3.05, 3.63) is 24.3 Å². The monoisotopic (exact) mass is 296 g/mol. The van der Waals surface area contributed by atoms with Crippen molar-refractivity contribution >= 4 is 21.4 Å². The number of amides is 1. The molecule has 1 aliphatic rings. The number of nitrogens with one attached hydrogen (secondary N) is 1. The standard InChI is InChI=1S/C14H20N2O3S/c1-20(18,19)13-7-5-6-12(10-13)15-14(17)11-16-8-3-2-4-9-16/h5-7,10H,2-4,8-9,11H2,1H3,(H,15,17). The molecule has 0 aliphatic carbocycles. The molecule has 1 aliphatic heterocycles. The number of rotatable bonds is 4. The van der Waals surface area contributed by atoms with E-state index in [1.54, 1.807) is 12.1 Å². The normalized spacial score (nSPS) is 16.9. The summed E-state index contributed by atoms with van der Waals surface area (Å²) in [6.07, 6.45) is 4.66. The van der Waals surface area contributed by atoms with Crippen LogP contribution in [0.4, 0.5) is 5.69 Å². The van der Waals surface area contributed by atoms with Gasteiger partial charge in [-0.1, -0.05) is 12.5 Å². The maximum Gasteiger partial charge on any atom is 0.238 e. The zero-order valence-corrected chi connectivity index (χ0v) is 12.4. The first-order valence-corrected chi connectivity index (χ1v) is 8.66. The van der Waals surface area contributed by atoms with E-state index in [0.717, 1.165) is 32.2 Å². The molecule has 110 valence electrons. The number of sulfone groups is 1. The highest BCUT2D eigenvalue weighted by molar-refractivity contribution is 7.90. The number of hydrogen-bond donors (Lipinski definition) is 1. The molecule has 0 unspecified atom stereocenters. The predicted octanol–water partition coefficient (Wildman–Crippen LogP) is 1.51. The minimum absolute atomic E-state index is 0.0995. The molecule has 0 bridgehead atoms. The van der Waals surface area contributed by atoms with E-state index in [9.17, 15) is 13.2 Å². The van der Waals surface area contributed by atoms with Gasteiger partial charge in [0.25, 0.3) is 0 Å². The number of hydrogen-bond acceptors (Lipinski definition) is 4. The third-order valence-corrected chi connectivity index (χ3v) is 4.47. The van der Waals surface area contributed by atoms with Crippen molar-refractivity contribution in [2.45, 2.75) is 24.2 Å². The lowest BCUT2D eigenvalue weighted by Crippen LogP contribution is -2.36. The highest BCUT2D eigenvalue weighted by atomic mass is 32.2. The second-order valence-corrected chi connectivity index (χ2v) is 7.20. The van der Waals surface area contributed by atoms with Crippen molar-refractivity contribution in [1.82, 2.24) is 4.90 Å². The summed E-state index contributed by atoms with van der Waals surface area (Å²) in [4.78, 5) is 14.3. The largest absolute Gasteiger partial charge is 0.325 e. The predicted molar refractivity (Wildman–Crippen MR) is 78.5 cm³/mol. The second kappa shape index (κ2) is 6.37. The smallest absolute Gasteiger partial charge is 0.238 e. The van der Waals surface area contributed by atoms with Crippen LogP contribution in [0.2, 0.25) is 0 Å². The molecule has 6 heteroatoms. The Labute approximate surface area is 119 Å². The van der Waals surface area contributed by atoms with Crippen LogP contribution >= 0.6 is 0 Å². The number of benzene rings is 1. The molecule has 1 heterocycles. The Morgan fingerprint density at radius 2 is 1.95 bits per heavy atom. The molecule has 1 aromatic rings. The summed E-state index contributed by atoms with van der Waals surface area (Å²) < 4.78 is 22.9. The minimum Gasteiger partial charge on any atom is -0.325 e. The number of nitrogens with zero attached hydrogens (tertiary/aromatic N) is 1. The maximum absolute atomic E-state index is 11.9. The topological polar surface area (TPSA) is 66.5 Å². The quantitative estimate of drug-likeness (QED) is 0.914. The molecular formula is C14H20N2O3S. The Morgan fingerprint density at radius 1 is 1.25 bits per heavy atom. The van der Waals surface area contributed by atoms with E-state index in [1.165, 1.54) is 18.6 Å². The van der Waals surface area contributed by atoms with Gasteiger partial charge in [-0.05, 0) is 44.1 Å². The Balaban J connectivity index is 1.97. The van der Waals surface area contributed by atoms with Gasteiger partial charge in [0.15, 0.2) is 9.84 Å². The summed E-state index contributed by atoms with van der Waals surface area (Å²) in [6, 6.07) is 6.34. The summed E-state index contributed by atoms with van der Waals surface area (Å²) in [5.74, 6) is -0.0995. The molecule has 5 nitrogen and oxygen atoms in total. The Kier molecular flexibility index (Phi) is 4.77. The molecule has 0 saturated carbocycles. The first-order chi connectivity index (χ1) is 9.45. The zero-order chi connectivity index (χ0) is 14.6. The molecule has 0 atom stereocenters. The second-order valence-electron chi connectivity index (χ2n) is 5.18. The zero-order valence-electron chi connectivity index (χ0n) is 11.6. The number of carbonyl (C=O) groups is 1. The number of anilines is 1. The van der Waals surface area contributed by atoms with E-state index in [4.69, 9.17) is 0 Å². The van der Waals surface area contributed by atoms with Gasteiger partial charge < -0.3 is 5.32 Å². The average molecular weight is 296 g/mol. The number of piperidine rings is 1. The highest BCUT2D eigenvalue weighted by Crippen LogP contribution is 2.15. The molecule has 1 saturated heterocycles. The lowest BCUT2D eigenvalue weighted by molar-refractivity contribution is -0.117. The molecule has 0 radical (unpaired) electrons. The fourth-order valence-corrected chi connectivity index (χ4v) is 2.99. The van der Waals surface area contributed by atoms with Crippen LogP contribution in [-0.4, -0.2) is 45.1 Å². The van der Waals surface area contributed by atoms with E-state index in [2.05, 4.69) is 10.2 Å². The fourth-order valence-electron chi connectivity index (χ4n) is 2.33. The van der Waals surface area contributed by atoms with Gasteiger partial charge in [-0.15, -0.1) is 0 Å².